The zero-order chi connectivity index (χ0) is 23.8. The Balaban J connectivity index is 1.84. The lowest BCUT2D eigenvalue weighted by Gasteiger charge is -2.15. The van der Waals surface area contributed by atoms with Gasteiger partial charge in [0, 0.05) is 29.2 Å². The fourth-order valence-electron chi connectivity index (χ4n) is 3.41. The SMILES string of the molecule is CNCCc1nc2cc(-c3ncc(C(F)(F)F)s3)c(N)cc2c(=O)n1Cc1ccc(Cl)cc1. The molecule has 2 heterocycles. The normalized spacial score (nSPS) is 11.9. The summed E-state index contributed by atoms with van der Waals surface area (Å²) < 4.78 is 40.6. The second kappa shape index (κ2) is 9.12. The van der Waals surface area contributed by atoms with Crippen LogP contribution in [-0.2, 0) is 19.1 Å². The standard InChI is InChI=1S/C22H19ClF3N5OS/c1-28-7-6-19-30-17-9-14(20-29-10-18(33-20)22(24,25)26)16(27)8-15(17)21(32)31(19)11-12-2-4-13(23)5-3-12/h2-5,8-10,28H,6-7,11,27H2,1H3. The molecule has 11 heteroatoms. The van der Waals surface area contributed by atoms with E-state index in [2.05, 4.69) is 15.3 Å². The lowest BCUT2D eigenvalue weighted by Crippen LogP contribution is -2.28. The largest absolute Gasteiger partial charge is 0.427 e. The molecule has 0 aliphatic carbocycles. The van der Waals surface area contributed by atoms with E-state index in [9.17, 15) is 18.0 Å². The first-order valence-electron chi connectivity index (χ1n) is 9.92. The number of thiazole rings is 1. The van der Waals surface area contributed by atoms with Gasteiger partial charge in [-0.25, -0.2) is 9.97 Å². The van der Waals surface area contributed by atoms with Crippen molar-refractivity contribution in [1.29, 1.82) is 0 Å². The number of fused-ring (bicyclic) bond motifs is 1. The van der Waals surface area contributed by atoms with Gasteiger partial charge in [-0.3, -0.25) is 9.36 Å². The Kier molecular flexibility index (Phi) is 6.42. The lowest BCUT2D eigenvalue weighted by atomic mass is 10.1. The molecular weight excluding hydrogens is 475 g/mol. The molecule has 0 bridgehead atoms. The molecular formula is C22H19ClF3N5OS. The van der Waals surface area contributed by atoms with Crippen molar-refractivity contribution in [3.8, 4) is 10.6 Å². The van der Waals surface area contributed by atoms with Crippen molar-refractivity contribution in [2.75, 3.05) is 19.3 Å². The molecule has 2 aromatic carbocycles. The van der Waals surface area contributed by atoms with Crippen LogP contribution in [0.25, 0.3) is 21.5 Å². The van der Waals surface area contributed by atoms with Gasteiger partial charge < -0.3 is 11.1 Å². The Bertz CT molecular complexity index is 1370. The highest BCUT2D eigenvalue weighted by molar-refractivity contribution is 7.15. The topological polar surface area (TPSA) is 85.8 Å². The van der Waals surface area contributed by atoms with Gasteiger partial charge in [-0.1, -0.05) is 23.7 Å². The quantitative estimate of drug-likeness (QED) is 0.384. The van der Waals surface area contributed by atoms with Crippen molar-refractivity contribution < 1.29 is 13.2 Å². The monoisotopic (exact) mass is 493 g/mol. The first kappa shape index (κ1) is 23.2. The number of hydrogen-bond acceptors (Lipinski definition) is 6. The molecule has 0 aliphatic rings. The minimum atomic E-state index is -4.49. The van der Waals surface area contributed by atoms with Gasteiger partial charge in [0.2, 0.25) is 0 Å². The van der Waals surface area contributed by atoms with E-state index in [0.29, 0.717) is 52.8 Å². The summed E-state index contributed by atoms with van der Waals surface area (Å²) in [7, 11) is 1.79. The van der Waals surface area contributed by atoms with E-state index in [-0.39, 0.29) is 21.6 Å². The Hall–Kier alpha value is -2.95. The predicted molar refractivity (Wildman–Crippen MR) is 125 cm³/mol. The van der Waals surface area contributed by atoms with Gasteiger partial charge in [-0.15, -0.1) is 11.3 Å². The predicted octanol–water partition coefficient (Wildman–Crippen LogP) is 4.58. The lowest BCUT2D eigenvalue weighted by molar-refractivity contribution is -0.134. The summed E-state index contributed by atoms with van der Waals surface area (Å²) in [6, 6.07) is 10.1. The third kappa shape index (κ3) is 4.87. The number of benzene rings is 2. The maximum absolute atomic E-state index is 13.4. The molecule has 172 valence electrons. The number of aromatic nitrogens is 3. The highest BCUT2D eigenvalue weighted by Crippen LogP contribution is 2.38. The average molecular weight is 494 g/mol. The number of nitrogens with two attached hydrogens (primary N) is 1. The highest BCUT2D eigenvalue weighted by Gasteiger charge is 2.33. The van der Waals surface area contributed by atoms with Crippen molar-refractivity contribution in [3.63, 3.8) is 0 Å². The van der Waals surface area contributed by atoms with Crippen LogP contribution >= 0.6 is 22.9 Å². The van der Waals surface area contributed by atoms with Gasteiger partial charge in [0.25, 0.3) is 5.56 Å². The number of anilines is 1. The van der Waals surface area contributed by atoms with Gasteiger partial charge >= 0.3 is 6.18 Å². The maximum atomic E-state index is 13.4. The van der Waals surface area contributed by atoms with E-state index >= 15 is 0 Å². The van der Waals surface area contributed by atoms with Gasteiger partial charge in [-0.2, -0.15) is 13.2 Å². The smallest absolute Gasteiger partial charge is 0.398 e. The van der Waals surface area contributed by atoms with Crippen LogP contribution in [0.2, 0.25) is 5.02 Å². The number of rotatable bonds is 6. The molecule has 0 aliphatic heterocycles. The number of alkyl halides is 3. The summed E-state index contributed by atoms with van der Waals surface area (Å²) >= 11 is 6.46. The molecule has 2 aromatic heterocycles. The molecule has 3 N–H and O–H groups in total. The van der Waals surface area contributed by atoms with E-state index < -0.39 is 11.1 Å². The Morgan fingerprint density at radius 1 is 1.21 bits per heavy atom. The number of nitrogens with one attached hydrogen (secondary N) is 1. The Morgan fingerprint density at radius 3 is 2.58 bits per heavy atom. The fourth-order valence-corrected chi connectivity index (χ4v) is 4.36. The van der Waals surface area contributed by atoms with Crippen LogP contribution in [0.15, 0.2) is 47.4 Å². The molecule has 6 nitrogen and oxygen atoms in total. The molecule has 4 rings (SSSR count). The van der Waals surface area contributed by atoms with Gasteiger partial charge in [-0.05, 0) is 36.9 Å². The van der Waals surface area contributed by atoms with E-state index in [4.69, 9.17) is 17.3 Å². The van der Waals surface area contributed by atoms with Crippen molar-refractivity contribution in [2.45, 2.75) is 19.1 Å². The van der Waals surface area contributed by atoms with Crippen molar-refractivity contribution in [2.24, 2.45) is 0 Å². The summed E-state index contributed by atoms with van der Waals surface area (Å²) in [6.45, 7) is 0.878. The molecule has 0 atom stereocenters. The van der Waals surface area contributed by atoms with E-state index in [1.165, 1.54) is 12.1 Å². The molecule has 0 saturated heterocycles. The first-order valence-corrected chi connectivity index (χ1v) is 11.1. The molecule has 0 fully saturated rings. The Labute approximate surface area is 195 Å². The molecule has 4 aromatic rings. The van der Waals surface area contributed by atoms with Crippen LogP contribution in [0.1, 0.15) is 16.3 Å². The van der Waals surface area contributed by atoms with Crippen LogP contribution in [0.5, 0.6) is 0 Å². The second-order valence-electron chi connectivity index (χ2n) is 7.38. The fraction of sp³-hybridized carbons (Fsp3) is 0.227. The summed E-state index contributed by atoms with van der Waals surface area (Å²) in [4.78, 5) is 21.1. The number of likely N-dealkylation sites (N-methyl/N-ethyl adjacent to an activating group) is 1. The van der Waals surface area contributed by atoms with Crippen LogP contribution in [0.4, 0.5) is 18.9 Å². The van der Waals surface area contributed by atoms with Crippen molar-refractivity contribution in [1.82, 2.24) is 19.9 Å². The third-order valence-electron chi connectivity index (χ3n) is 5.07. The van der Waals surface area contributed by atoms with Crippen molar-refractivity contribution >= 4 is 39.5 Å². The van der Waals surface area contributed by atoms with E-state index in [1.54, 1.807) is 23.7 Å². The minimum absolute atomic E-state index is 0.116. The number of hydrogen-bond donors (Lipinski definition) is 2. The maximum Gasteiger partial charge on any atom is 0.427 e. The van der Waals surface area contributed by atoms with Crippen molar-refractivity contribution in [3.05, 3.63) is 74.2 Å². The summed E-state index contributed by atoms with van der Waals surface area (Å²) in [6.07, 6.45) is -3.24. The summed E-state index contributed by atoms with van der Waals surface area (Å²) in [5.74, 6) is 0.544. The third-order valence-corrected chi connectivity index (χ3v) is 6.40. The summed E-state index contributed by atoms with van der Waals surface area (Å²) in [5.41, 5.74) is 7.54. The average Bonchev–Trinajstić information content (AvgIpc) is 3.27. The highest BCUT2D eigenvalue weighted by atomic mass is 35.5. The first-order chi connectivity index (χ1) is 15.7. The van der Waals surface area contributed by atoms with Gasteiger partial charge in [0.15, 0.2) is 0 Å². The molecule has 0 saturated carbocycles. The van der Waals surface area contributed by atoms with Crippen LogP contribution < -0.4 is 16.6 Å². The zero-order valence-corrected chi connectivity index (χ0v) is 19.0. The number of nitrogens with zero attached hydrogens (tertiary/aromatic N) is 3. The number of halogens is 4. The van der Waals surface area contributed by atoms with Gasteiger partial charge in [0.1, 0.15) is 15.7 Å². The molecule has 0 radical (unpaired) electrons. The van der Waals surface area contributed by atoms with Gasteiger partial charge in [0.05, 0.1) is 23.6 Å². The van der Waals surface area contributed by atoms with Crippen LogP contribution in [0, 0.1) is 0 Å². The Morgan fingerprint density at radius 2 is 1.94 bits per heavy atom. The molecule has 0 amide bonds. The molecule has 0 unspecified atom stereocenters. The van der Waals surface area contributed by atoms with Crippen LogP contribution in [-0.4, -0.2) is 28.1 Å². The molecule has 33 heavy (non-hydrogen) atoms. The number of nitrogen functional groups attached to an aromatic ring is 1. The van der Waals surface area contributed by atoms with E-state index in [0.717, 1.165) is 11.8 Å². The minimum Gasteiger partial charge on any atom is -0.398 e. The second-order valence-corrected chi connectivity index (χ2v) is 8.85. The van der Waals surface area contributed by atoms with E-state index in [1.807, 2.05) is 12.1 Å². The molecule has 0 spiro atoms. The summed E-state index contributed by atoms with van der Waals surface area (Å²) in [5, 5.41) is 4.03. The van der Waals surface area contributed by atoms with Crippen LogP contribution in [0.3, 0.4) is 0 Å². The zero-order valence-electron chi connectivity index (χ0n) is 17.4.